The number of anilines is 1. The van der Waals surface area contributed by atoms with Crippen LogP contribution in [0.4, 0.5) is 10.2 Å². The Bertz CT molecular complexity index is 533. The van der Waals surface area contributed by atoms with Crippen molar-refractivity contribution in [1.29, 1.82) is 0 Å². The van der Waals surface area contributed by atoms with Crippen molar-refractivity contribution in [3.63, 3.8) is 0 Å². The summed E-state index contributed by atoms with van der Waals surface area (Å²) in [6.07, 6.45) is 2.99. The molecule has 2 aromatic rings. The van der Waals surface area contributed by atoms with Crippen LogP contribution in [0.15, 0.2) is 24.5 Å². The van der Waals surface area contributed by atoms with E-state index in [4.69, 9.17) is 15.2 Å². The number of aromatic nitrogens is 2. The molecule has 0 spiro atoms. The molecule has 0 radical (unpaired) electrons. The van der Waals surface area contributed by atoms with E-state index < -0.39 is 5.95 Å². The molecule has 0 saturated carbocycles. The monoisotopic (exact) mass is 503 g/mol. The predicted octanol–water partition coefficient (Wildman–Crippen LogP) is 3.11. The van der Waals surface area contributed by atoms with Gasteiger partial charge in [0.15, 0.2) is 0 Å². The summed E-state index contributed by atoms with van der Waals surface area (Å²) in [5.41, 5.74) is 5.50. The largest absolute Gasteiger partial charge is 0.495 e. The Labute approximate surface area is 143 Å². The third-order valence-corrected chi connectivity index (χ3v) is 4.19. The molecule has 5 nitrogen and oxygen atoms in total. The number of nitrogens with two attached hydrogens (primary N) is 1. The average molecular weight is 503 g/mol. The normalized spacial score (nSPS) is 9.45. The van der Waals surface area contributed by atoms with E-state index in [-0.39, 0.29) is 0 Å². The molecule has 0 unspecified atom stereocenters. The van der Waals surface area contributed by atoms with Gasteiger partial charge in [-0.25, -0.2) is 9.97 Å². The number of nitrogens with zero attached hydrogens (tertiary/aromatic N) is 2. The Hall–Kier alpha value is -0.910. The van der Waals surface area contributed by atoms with E-state index in [1.165, 1.54) is 13.3 Å². The lowest BCUT2D eigenvalue weighted by Crippen LogP contribution is -1.95. The van der Waals surface area contributed by atoms with Crippen molar-refractivity contribution in [2.24, 2.45) is 0 Å². The summed E-state index contributed by atoms with van der Waals surface area (Å²) >= 11 is 3.93. The van der Waals surface area contributed by atoms with E-state index in [0.29, 0.717) is 15.1 Å². The van der Waals surface area contributed by atoms with Crippen molar-refractivity contribution >= 4 is 51.0 Å². The molecule has 0 amide bonds. The molecule has 0 fully saturated rings. The van der Waals surface area contributed by atoms with Gasteiger partial charge in [0.25, 0.3) is 0 Å². The second-order valence-corrected chi connectivity index (χ2v) is 5.49. The Morgan fingerprint density at radius 1 is 1.00 bits per heavy atom. The minimum atomic E-state index is -0.486. The van der Waals surface area contributed by atoms with Gasteiger partial charge < -0.3 is 15.2 Å². The van der Waals surface area contributed by atoms with E-state index in [1.807, 2.05) is 22.6 Å². The third kappa shape index (κ3) is 4.58. The van der Waals surface area contributed by atoms with E-state index in [1.54, 1.807) is 25.4 Å². The number of hydrogen-bond donors (Lipinski definition) is 1. The highest BCUT2D eigenvalue weighted by Gasteiger charge is 2.04. The van der Waals surface area contributed by atoms with Crippen LogP contribution in [0.3, 0.4) is 0 Å². The molecule has 0 aromatic carbocycles. The summed E-state index contributed by atoms with van der Waals surface area (Å²) in [6.45, 7) is 0. The fraction of sp³-hybridized carbons (Fsp3) is 0.167. The van der Waals surface area contributed by atoms with Gasteiger partial charge in [0, 0.05) is 12.4 Å². The Morgan fingerprint density at radius 2 is 1.50 bits per heavy atom. The van der Waals surface area contributed by atoms with Crippen molar-refractivity contribution in [3.05, 3.63) is 37.6 Å². The predicted molar refractivity (Wildman–Crippen MR) is 91.4 cm³/mol. The van der Waals surface area contributed by atoms with Gasteiger partial charge >= 0.3 is 0 Å². The van der Waals surface area contributed by atoms with E-state index in [0.717, 1.165) is 9.32 Å². The quantitative estimate of drug-likeness (QED) is 0.505. The van der Waals surface area contributed by atoms with Crippen molar-refractivity contribution in [3.8, 4) is 11.5 Å². The fourth-order valence-electron chi connectivity index (χ4n) is 1.16. The first-order valence-corrected chi connectivity index (χ1v) is 7.45. The fourth-order valence-corrected chi connectivity index (χ4v) is 2.24. The summed E-state index contributed by atoms with van der Waals surface area (Å²) in [6, 6.07) is 3.39. The first kappa shape index (κ1) is 17.1. The molecule has 0 saturated heterocycles. The Balaban J connectivity index is 0.000000200. The molecule has 2 aromatic heterocycles. The number of nitrogen functional groups attached to an aromatic ring is 1. The molecule has 20 heavy (non-hydrogen) atoms. The van der Waals surface area contributed by atoms with Crippen LogP contribution in [0.25, 0.3) is 0 Å². The Kier molecular flexibility index (Phi) is 7.19. The molecule has 0 bridgehead atoms. The SMILES string of the molecule is COc1ccnc(F)c1I.COc1ccnc(N)c1I. The molecule has 8 heteroatoms. The van der Waals surface area contributed by atoms with Crippen molar-refractivity contribution < 1.29 is 13.9 Å². The van der Waals surface area contributed by atoms with E-state index in [9.17, 15) is 4.39 Å². The summed E-state index contributed by atoms with van der Waals surface area (Å²) in [7, 11) is 3.11. The maximum absolute atomic E-state index is 12.6. The molecule has 2 heterocycles. The number of rotatable bonds is 2. The highest BCUT2D eigenvalue weighted by atomic mass is 127. The van der Waals surface area contributed by atoms with Gasteiger partial charge in [-0.05, 0) is 57.3 Å². The molecular formula is C12H12FI2N3O2. The first-order chi connectivity index (χ1) is 9.51. The lowest BCUT2D eigenvalue weighted by atomic mass is 10.4. The van der Waals surface area contributed by atoms with E-state index >= 15 is 0 Å². The zero-order chi connectivity index (χ0) is 15.1. The zero-order valence-corrected chi connectivity index (χ0v) is 15.0. The maximum atomic E-state index is 12.6. The van der Waals surface area contributed by atoms with Gasteiger partial charge in [-0.1, -0.05) is 0 Å². The highest BCUT2D eigenvalue weighted by Crippen LogP contribution is 2.23. The van der Waals surface area contributed by atoms with Crippen molar-refractivity contribution in [2.45, 2.75) is 0 Å². The van der Waals surface area contributed by atoms with Gasteiger partial charge in [-0.15, -0.1) is 0 Å². The minimum Gasteiger partial charge on any atom is -0.495 e. The molecular weight excluding hydrogens is 491 g/mol. The van der Waals surface area contributed by atoms with Crippen LogP contribution in [0.1, 0.15) is 0 Å². The summed E-state index contributed by atoms with van der Waals surface area (Å²) in [4.78, 5) is 7.31. The maximum Gasteiger partial charge on any atom is 0.230 e. The topological polar surface area (TPSA) is 70.3 Å². The number of halogens is 3. The number of hydrogen-bond acceptors (Lipinski definition) is 5. The van der Waals surface area contributed by atoms with Crippen LogP contribution in [0, 0.1) is 13.1 Å². The van der Waals surface area contributed by atoms with Gasteiger partial charge in [0.05, 0.1) is 17.8 Å². The minimum absolute atomic E-state index is 0.419. The zero-order valence-electron chi connectivity index (χ0n) is 10.7. The molecule has 0 atom stereocenters. The van der Waals surface area contributed by atoms with Crippen LogP contribution in [-0.2, 0) is 0 Å². The second-order valence-electron chi connectivity index (χ2n) is 3.33. The molecule has 108 valence electrons. The van der Waals surface area contributed by atoms with Crippen molar-refractivity contribution in [1.82, 2.24) is 9.97 Å². The van der Waals surface area contributed by atoms with Crippen LogP contribution < -0.4 is 15.2 Å². The van der Waals surface area contributed by atoms with Crippen molar-refractivity contribution in [2.75, 3.05) is 20.0 Å². The van der Waals surface area contributed by atoms with Gasteiger partial charge in [0.1, 0.15) is 20.9 Å². The number of ether oxygens (including phenoxy) is 2. The second kappa shape index (κ2) is 8.39. The van der Waals surface area contributed by atoms with E-state index in [2.05, 4.69) is 32.6 Å². The molecule has 0 aliphatic carbocycles. The highest BCUT2D eigenvalue weighted by molar-refractivity contribution is 14.1. The Morgan fingerprint density at radius 3 is 1.95 bits per heavy atom. The first-order valence-electron chi connectivity index (χ1n) is 5.29. The molecule has 0 aliphatic heterocycles. The number of pyridine rings is 2. The third-order valence-electron chi connectivity index (χ3n) is 2.13. The summed E-state index contributed by atoms with van der Waals surface area (Å²) in [5, 5.41) is 0. The summed E-state index contributed by atoms with van der Waals surface area (Å²) in [5.74, 6) is 1.32. The standard InChI is InChI=1S/C6H5FINO.C6H7IN2O/c1-10-4-2-3-9-6(7)5(4)8;1-10-4-2-3-9-6(8)5(4)7/h2-3H,1H3;2-3H,1H3,(H2,8,9). The van der Waals surface area contributed by atoms with Gasteiger partial charge in [-0.2, -0.15) is 4.39 Å². The van der Waals surface area contributed by atoms with Gasteiger partial charge in [-0.3, -0.25) is 0 Å². The van der Waals surface area contributed by atoms with Crippen LogP contribution >= 0.6 is 45.2 Å². The van der Waals surface area contributed by atoms with Gasteiger partial charge in [0.2, 0.25) is 5.95 Å². The lowest BCUT2D eigenvalue weighted by molar-refractivity contribution is 0.404. The molecule has 2 N–H and O–H groups in total. The molecule has 2 rings (SSSR count). The van der Waals surface area contributed by atoms with Crippen LogP contribution in [0.2, 0.25) is 0 Å². The average Bonchev–Trinajstić information content (AvgIpc) is 2.45. The van der Waals surface area contributed by atoms with Crippen LogP contribution in [-0.4, -0.2) is 24.2 Å². The lowest BCUT2D eigenvalue weighted by Gasteiger charge is -2.02. The smallest absolute Gasteiger partial charge is 0.230 e. The molecule has 0 aliphatic rings. The number of methoxy groups -OCH3 is 2. The summed E-state index contributed by atoms with van der Waals surface area (Å²) < 4.78 is 23.7. The van der Waals surface area contributed by atoms with Crippen LogP contribution in [0.5, 0.6) is 11.5 Å².